The highest BCUT2D eigenvalue weighted by atomic mass is 32.2. The number of hydrogen-bond acceptors (Lipinski definition) is 4. The number of nitrogens with one attached hydrogen (secondary N) is 1. The molecule has 1 atom stereocenters. The van der Waals surface area contributed by atoms with E-state index in [0.717, 1.165) is 21.7 Å². The fourth-order valence-corrected chi connectivity index (χ4v) is 5.22. The van der Waals surface area contributed by atoms with Crippen LogP contribution in [0.1, 0.15) is 44.4 Å². The molecule has 0 heterocycles. The van der Waals surface area contributed by atoms with E-state index < -0.39 is 34.3 Å². The van der Waals surface area contributed by atoms with Gasteiger partial charge in [0.25, 0.3) is 0 Å². The third-order valence-electron chi connectivity index (χ3n) is 6.59. The van der Waals surface area contributed by atoms with Gasteiger partial charge in [-0.05, 0) is 53.3 Å². The van der Waals surface area contributed by atoms with Crippen LogP contribution in [0.2, 0.25) is 0 Å². The summed E-state index contributed by atoms with van der Waals surface area (Å²) in [7, 11) is -3.85. The average Bonchev–Trinajstić information content (AvgIpc) is 2.90. The Balaban J connectivity index is 2.02. The molecule has 9 heteroatoms. The van der Waals surface area contributed by atoms with Gasteiger partial charge in [-0.3, -0.25) is 13.9 Å². The van der Waals surface area contributed by atoms with Gasteiger partial charge in [0.05, 0.1) is 11.9 Å². The SMILES string of the molecule is CCNC(=O)C(Cc1ccccc1)N(Cc1ccc(F)cc1)C(=O)CN(c1ccc(C(C)(C)C)cc1)S(C)(=O)=O. The van der Waals surface area contributed by atoms with Gasteiger partial charge in [-0.15, -0.1) is 0 Å². The zero-order chi connectivity index (χ0) is 29.5. The smallest absolute Gasteiger partial charge is 0.244 e. The largest absolute Gasteiger partial charge is 0.355 e. The molecule has 0 saturated heterocycles. The molecule has 0 saturated carbocycles. The van der Waals surface area contributed by atoms with Crippen LogP contribution in [0.3, 0.4) is 0 Å². The van der Waals surface area contributed by atoms with Crippen LogP contribution < -0.4 is 9.62 Å². The Bertz CT molecular complexity index is 1390. The van der Waals surface area contributed by atoms with E-state index in [1.165, 1.54) is 17.0 Å². The number of rotatable bonds is 11. The Kier molecular flexibility index (Phi) is 10.1. The number of hydrogen-bond donors (Lipinski definition) is 1. The monoisotopic (exact) mass is 567 g/mol. The lowest BCUT2D eigenvalue weighted by molar-refractivity contribution is -0.140. The molecule has 0 aliphatic heterocycles. The number of anilines is 1. The van der Waals surface area contributed by atoms with Gasteiger partial charge in [0.15, 0.2) is 0 Å². The van der Waals surface area contributed by atoms with Crippen molar-refractivity contribution in [1.29, 1.82) is 0 Å². The predicted octanol–water partition coefficient (Wildman–Crippen LogP) is 4.67. The van der Waals surface area contributed by atoms with Crippen molar-refractivity contribution < 1.29 is 22.4 Å². The van der Waals surface area contributed by atoms with Crippen LogP contribution in [0.5, 0.6) is 0 Å². The fraction of sp³-hybridized carbons (Fsp3) is 0.355. The van der Waals surface area contributed by atoms with Crippen LogP contribution in [0.4, 0.5) is 10.1 Å². The second-order valence-corrected chi connectivity index (χ2v) is 12.7. The lowest BCUT2D eigenvalue weighted by Crippen LogP contribution is -2.53. The number of benzene rings is 3. The first kappa shape index (κ1) is 30.8. The van der Waals surface area contributed by atoms with Crippen LogP contribution in [-0.4, -0.2) is 50.5 Å². The molecule has 7 nitrogen and oxygen atoms in total. The molecule has 0 aliphatic rings. The molecule has 1 N–H and O–H groups in total. The standard InChI is InChI=1S/C31H38FN3O4S/c1-6-33-30(37)28(20-23-10-8-7-9-11-23)34(21-24-12-16-26(32)17-13-24)29(36)22-35(40(5,38)39)27-18-14-25(15-19-27)31(2,3)4/h7-19,28H,6,20-22H2,1-5H3,(H,33,37). The molecule has 2 amide bonds. The summed E-state index contributed by atoms with van der Waals surface area (Å²) in [5, 5.41) is 2.81. The summed E-state index contributed by atoms with van der Waals surface area (Å²) < 4.78 is 40.5. The molecular weight excluding hydrogens is 529 g/mol. The van der Waals surface area contributed by atoms with Crippen molar-refractivity contribution in [2.24, 2.45) is 0 Å². The van der Waals surface area contributed by atoms with Gasteiger partial charge < -0.3 is 10.2 Å². The van der Waals surface area contributed by atoms with Crippen LogP contribution in [0.25, 0.3) is 0 Å². The maximum Gasteiger partial charge on any atom is 0.244 e. The van der Waals surface area contributed by atoms with Gasteiger partial charge in [-0.1, -0.05) is 75.4 Å². The number of carbonyl (C=O) groups is 2. The van der Waals surface area contributed by atoms with Crippen molar-refractivity contribution in [3.8, 4) is 0 Å². The van der Waals surface area contributed by atoms with Gasteiger partial charge in [-0.2, -0.15) is 0 Å². The van der Waals surface area contributed by atoms with Crippen molar-refractivity contribution in [1.82, 2.24) is 10.2 Å². The molecule has 1 unspecified atom stereocenters. The van der Waals surface area contributed by atoms with E-state index in [1.807, 2.05) is 42.5 Å². The number of likely N-dealkylation sites (N-methyl/N-ethyl adjacent to an activating group) is 1. The Hall–Kier alpha value is -3.72. The zero-order valence-electron chi connectivity index (χ0n) is 23.7. The summed E-state index contributed by atoms with van der Waals surface area (Å²) in [5.41, 5.74) is 2.69. The fourth-order valence-electron chi connectivity index (χ4n) is 4.37. The van der Waals surface area contributed by atoms with Gasteiger partial charge in [0.2, 0.25) is 21.8 Å². The summed E-state index contributed by atoms with van der Waals surface area (Å²) in [6.07, 6.45) is 1.27. The van der Waals surface area contributed by atoms with Crippen molar-refractivity contribution in [2.75, 3.05) is 23.7 Å². The van der Waals surface area contributed by atoms with Crippen molar-refractivity contribution in [3.63, 3.8) is 0 Å². The Labute approximate surface area is 237 Å². The van der Waals surface area contributed by atoms with Gasteiger partial charge in [0, 0.05) is 19.5 Å². The van der Waals surface area contributed by atoms with Crippen molar-refractivity contribution in [3.05, 3.63) is 101 Å². The summed E-state index contributed by atoms with van der Waals surface area (Å²) in [6, 6.07) is 21.1. The molecule has 0 fully saturated rings. The van der Waals surface area contributed by atoms with E-state index >= 15 is 0 Å². The van der Waals surface area contributed by atoms with E-state index in [1.54, 1.807) is 31.2 Å². The Morgan fingerprint density at radius 2 is 1.50 bits per heavy atom. The predicted molar refractivity (Wildman–Crippen MR) is 157 cm³/mol. The highest BCUT2D eigenvalue weighted by molar-refractivity contribution is 7.92. The molecular formula is C31H38FN3O4S. The summed E-state index contributed by atoms with van der Waals surface area (Å²) in [5.74, 6) is -1.34. The lowest BCUT2D eigenvalue weighted by Gasteiger charge is -2.33. The summed E-state index contributed by atoms with van der Waals surface area (Å²) >= 11 is 0. The van der Waals surface area contributed by atoms with Crippen molar-refractivity contribution >= 4 is 27.5 Å². The number of amides is 2. The molecule has 3 aromatic rings. The summed E-state index contributed by atoms with van der Waals surface area (Å²) in [6.45, 7) is 7.81. The third kappa shape index (κ3) is 8.39. The highest BCUT2D eigenvalue weighted by Crippen LogP contribution is 2.26. The van der Waals surface area contributed by atoms with Gasteiger partial charge >= 0.3 is 0 Å². The molecule has 40 heavy (non-hydrogen) atoms. The maximum absolute atomic E-state index is 14.0. The quantitative estimate of drug-likeness (QED) is 0.365. The lowest BCUT2D eigenvalue weighted by atomic mass is 9.87. The Morgan fingerprint density at radius 3 is 2.02 bits per heavy atom. The van der Waals surface area contributed by atoms with Crippen LogP contribution in [0.15, 0.2) is 78.9 Å². The van der Waals surface area contributed by atoms with Crippen LogP contribution in [0, 0.1) is 5.82 Å². The zero-order valence-corrected chi connectivity index (χ0v) is 24.5. The topological polar surface area (TPSA) is 86.8 Å². The number of carbonyl (C=O) groups excluding carboxylic acids is 2. The third-order valence-corrected chi connectivity index (χ3v) is 7.73. The van der Waals surface area contributed by atoms with Crippen LogP contribution >= 0.6 is 0 Å². The minimum absolute atomic E-state index is 0.00564. The van der Waals surface area contributed by atoms with Crippen LogP contribution in [-0.2, 0) is 38.0 Å². The highest BCUT2D eigenvalue weighted by Gasteiger charge is 2.33. The normalized spacial score (nSPS) is 12.4. The van der Waals surface area contributed by atoms with Crippen molar-refractivity contribution in [2.45, 2.75) is 52.1 Å². The first-order valence-electron chi connectivity index (χ1n) is 13.2. The second kappa shape index (κ2) is 13.1. The van der Waals surface area contributed by atoms with E-state index in [0.29, 0.717) is 17.8 Å². The molecule has 0 spiro atoms. The molecule has 0 radical (unpaired) electrons. The first-order chi connectivity index (χ1) is 18.8. The molecule has 0 bridgehead atoms. The van der Waals surface area contributed by atoms with E-state index in [9.17, 15) is 22.4 Å². The molecule has 0 aromatic heterocycles. The average molecular weight is 568 g/mol. The number of halogens is 1. The minimum atomic E-state index is -3.85. The molecule has 3 rings (SSSR count). The molecule has 0 aliphatic carbocycles. The molecule has 214 valence electrons. The Morgan fingerprint density at radius 1 is 0.900 bits per heavy atom. The maximum atomic E-state index is 14.0. The summed E-state index contributed by atoms with van der Waals surface area (Å²) in [4.78, 5) is 28.7. The van der Waals surface area contributed by atoms with E-state index in [4.69, 9.17) is 0 Å². The van der Waals surface area contributed by atoms with E-state index in [-0.39, 0.29) is 24.3 Å². The van der Waals surface area contributed by atoms with Gasteiger partial charge in [0.1, 0.15) is 18.4 Å². The number of nitrogens with zero attached hydrogens (tertiary/aromatic N) is 2. The minimum Gasteiger partial charge on any atom is -0.355 e. The first-order valence-corrected chi connectivity index (χ1v) is 15.1. The van der Waals surface area contributed by atoms with E-state index in [2.05, 4.69) is 26.1 Å². The molecule has 3 aromatic carbocycles. The van der Waals surface area contributed by atoms with Gasteiger partial charge in [-0.25, -0.2) is 12.8 Å². The number of sulfonamides is 1. The second-order valence-electron chi connectivity index (χ2n) is 10.8.